The minimum Gasteiger partial charge on any atom is -0.327 e. The number of carbonyl (C=O) groups excluding carboxylic acids is 1. The molecule has 2 unspecified atom stereocenters. The van der Waals surface area contributed by atoms with E-state index in [1.54, 1.807) is 12.3 Å². The SMILES string of the molecule is Cl.Cl.NC1CCCCC1CC(=O)Nc1ccccn1. The van der Waals surface area contributed by atoms with Crippen molar-refractivity contribution in [3.05, 3.63) is 24.4 Å². The third kappa shape index (κ3) is 5.76. The van der Waals surface area contributed by atoms with E-state index in [1.165, 1.54) is 12.8 Å². The second-order valence-electron chi connectivity index (χ2n) is 4.68. The van der Waals surface area contributed by atoms with Gasteiger partial charge in [0.1, 0.15) is 5.82 Å². The highest BCUT2D eigenvalue weighted by molar-refractivity contribution is 5.89. The van der Waals surface area contributed by atoms with Crippen LogP contribution in [-0.2, 0) is 4.79 Å². The van der Waals surface area contributed by atoms with Crippen LogP contribution >= 0.6 is 24.8 Å². The van der Waals surface area contributed by atoms with Gasteiger partial charge in [0.25, 0.3) is 0 Å². The van der Waals surface area contributed by atoms with Crippen LogP contribution in [0.15, 0.2) is 24.4 Å². The summed E-state index contributed by atoms with van der Waals surface area (Å²) in [6.45, 7) is 0. The first-order valence-electron chi connectivity index (χ1n) is 6.22. The quantitative estimate of drug-likeness (QED) is 0.902. The van der Waals surface area contributed by atoms with Gasteiger partial charge in [0.2, 0.25) is 5.91 Å². The molecule has 1 aliphatic carbocycles. The summed E-state index contributed by atoms with van der Waals surface area (Å²) in [6.07, 6.45) is 6.67. The molecule has 19 heavy (non-hydrogen) atoms. The number of carbonyl (C=O) groups is 1. The van der Waals surface area contributed by atoms with Gasteiger partial charge >= 0.3 is 0 Å². The summed E-state index contributed by atoms with van der Waals surface area (Å²) in [6, 6.07) is 5.65. The largest absolute Gasteiger partial charge is 0.327 e. The smallest absolute Gasteiger partial charge is 0.225 e. The molecule has 1 aliphatic rings. The Labute approximate surface area is 126 Å². The Kier molecular flexibility index (Phi) is 8.72. The summed E-state index contributed by atoms with van der Waals surface area (Å²) in [5.74, 6) is 0.959. The Bertz CT molecular complexity index is 375. The fraction of sp³-hybridized carbons (Fsp3) is 0.538. The zero-order chi connectivity index (χ0) is 12.1. The second kappa shape index (κ2) is 9.13. The Balaban J connectivity index is 0.00000162. The number of hydrogen-bond donors (Lipinski definition) is 2. The van der Waals surface area contributed by atoms with E-state index in [0.717, 1.165) is 12.8 Å². The van der Waals surface area contributed by atoms with Gasteiger partial charge in [0.15, 0.2) is 0 Å². The van der Waals surface area contributed by atoms with Crippen LogP contribution in [0.2, 0.25) is 0 Å². The molecule has 0 bridgehead atoms. The molecule has 0 saturated heterocycles. The molecule has 2 rings (SSSR count). The van der Waals surface area contributed by atoms with Gasteiger partial charge in [0, 0.05) is 18.7 Å². The number of nitrogens with zero attached hydrogens (tertiary/aromatic N) is 1. The van der Waals surface area contributed by atoms with Crippen LogP contribution in [0.25, 0.3) is 0 Å². The maximum Gasteiger partial charge on any atom is 0.225 e. The van der Waals surface area contributed by atoms with E-state index < -0.39 is 0 Å². The average molecular weight is 306 g/mol. The van der Waals surface area contributed by atoms with Crippen molar-refractivity contribution in [1.82, 2.24) is 4.98 Å². The molecule has 2 atom stereocenters. The number of aromatic nitrogens is 1. The molecule has 1 amide bonds. The third-order valence-corrected chi connectivity index (χ3v) is 3.35. The van der Waals surface area contributed by atoms with Crippen molar-refractivity contribution in [1.29, 1.82) is 0 Å². The molecule has 1 saturated carbocycles. The number of hydrogen-bond acceptors (Lipinski definition) is 3. The highest BCUT2D eigenvalue weighted by Gasteiger charge is 2.24. The van der Waals surface area contributed by atoms with Crippen LogP contribution in [0, 0.1) is 5.92 Å². The summed E-state index contributed by atoms with van der Waals surface area (Å²) < 4.78 is 0. The monoisotopic (exact) mass is 305 g/mol. The lowest BCUT2D eigenvalue weighted by Gasteiger charge is -2.27. The van der Waals surface area contributed by atoms with E-state index in [2.05, 4.69) is 10.3 Å². The maximum absolute atomic E-state index is 11.8. The first-order chi connectivity index (χ1) is 8.25. The van der Waals surface area contributed by atoms with Crippen LogP contribution in [0.4, 0.5) is 5.82 Å². The Morgan fingerprint density at radius 2 is 2.05 bits per heavy atom. The predicted octanol–water partition coefficient (Wildman–Crippen LogP) is 2.77. The fourth-order valence-electron chi connectivity index (χ4n) is 2.36. The van der Waals surface area contributed by atoms with E-state index in [9.17, 15) is 4.79 Å². The molecule has 1 fully saturated rings. The summed E-state index contributed by atoms with van der Waals surface area (Å²) >= 11 is 0. The van der Waals surface area contributed by atoms with Crippen LogP contribution in [0.1, 0.15) is 32.1 Å². The van der Waals surface area contributed by atoms with E-state index in [-0.39, 0.29) is 36.8 Å². The Morgan fingerprint density at radius 1 is 1.32 bits per heavy atom. The summed E-state index contributed by atoms with van der Waals surface area (Å²) in [7, 11) is 0. The Morgan fingerprint density at radius 3 is 2.68 bits per heavy atom. The van der Waals surface area contributed by atoms with Crippen LogP contribution in [0.5, 0.6) is 0 Å². The number of nitrogens with two attached hydrogens (primary N) is 1. The topological polar surface area (TPSA) is 68.0 Å². The van der Waals surface area contributed by atoms with Crippen molar-refractivity contribution in [2.24, 2.45) is 11.7 Å². The van der Waals surface area contributed by atoms with Gasteiger partial charge in [-0.15, -0.1) is 24.8 Å². The van der Waals surface area contributed by atoms with Crippen LogP contribution < -0.4 is 11.1 Å². The lowest BCUT2D eigenvalue weighted by Crippen LogP contribution is -2.35. The molecule has 108 valence electrons. The number of halogens is 2. The van der Waals surface area contributed by atoms with Crippen molar-refractivity contribution >= 4 is 36.5 Å². The van der Waals surface area contributed by atoms with Crippen molar-refractivity contribution in [3.8, 4) is 0 Å². The standard InChI is InChI=1S/C13H19N3O.2ClH/c14-11-6-2-1-5-10(11)9-13(17)16-12-7-3-4-8-15-12;;/h3-4,7-8,10-11H,1-2,5-6,9,14H2,(H,15,16,17);2*1H. The molecule has 1 heterocycles. The first-order valence-corrected chi connectivity index (χ1v) is 6.22. The van der Waals surface area contributed by atoms with E-state index in [1.807, 2.05) is 12.1 Å². The van der Waals surface area contributed by atoms with Crippen molar-refractivity contribution in [3.63, 3.8) is 0 Å². The van der Waals surface area contributed by atoms with Gasteiger partial charge in [-0.3, -0.25) is 4.79 Å². The Hall–Kier alpha value is -0.840. The summed E-state index contributed by atoms with van der Waals surface area (Å²) in [5, 5.41) is 2.80. The fourth-order valence-corrected chi connectivity index (χ4v) is 2.36. The summed E-state index contributed by atoms with van der Waals surface area (Å²) in [4.78, 5) is 15.9. The molecular formula is C13H21Cl2N3O. The molecule has 0 radical (unpaired) electrons. The van der Waals surface area contributed by atoms with Gasteiger partial charge in [0.05, 0.1) is 0 Å². The van der Waals surface area contributed by atoms with Crippen LogP contribution in [-0.4, -0.2) is 16.9 Å². The number of rotatable bonds is 3. The highest BCUT2D eigenvalue weighted by atomic mass is 35.5. The summed E-state index contributed by atoms with van der Waals surface area (Å²) in [5.41, 5.74) is 6.03. The average Bonchev–Trinajstić information content (AvgIpc) is 2.33. The van der Waals surface area contributed by atoms with Gasteiger partial charge in [-0.2, -0.15) is 0 Å². The molecule has 1 aromatic rings. The zero-order valence-corrected chi connectivity index (χ0v) is 12.4. The first kappa shape index (κ1) is 18.2. The van der Waals surface area contributed by atoms with E-state index in [4.69, 9.17) is 5.73 Å². The van der Waals surface area contributed by atoms with Gasteiger partial charge < -0.3 is 11.1 Å². The van der Waals surface area contributed by atoms with Gasteiger partial charge in [-0.1, -0.05) is 18.9 Å². The van der Waals surface area contributed by atoms with Gasteiger partial charge in [-0.25, -0.2) is 4.98 Å². The van der Waals surface area contributed by atoms with Crippen molar-refractivity contribution < 1.29 is 4.79 Å². The molecule has 0 aromatic carbocycles. The molecule has 4 nitrogen and oxygen atoms in total. The number of nitrogens with one attached hydrogen (secondary N) is 1. The third-order valence-electron chi connectivity index (χ3n) is 3.35. The number of pyridine rings is 1. The van der Waals surface area contributed by atoms with E-state index >= 15 is 0 Å². The van der Waals surface area contributed by atoms with Gasteiger partial charge in [-0.05, 0) is 30.9 Å². The van der Waals surface area contributed by atoms with E-state index in [0.29, 0.717) is 18.2 Å². The molecule has 6 heteroatoms. The normalized spacial score (nSPS) is 21.7. The van der Waals surface area contributed by atoms with Crippen molar-refractivity contribution in [2.45, 2.75) is 38.1 Å². The zero-order valence-electron chi connectivity index (χ0n) is 10.7. The maximum atomic E-state index is 11.8. The highest BCUT2D eigenvalue weighted by Crippen LogP contribution is 2.25. The molecule has 3 N–H and O–H groups in total. The van der Waals surface area contributed by atoms with Crippen molar-refractivity contribution in [2.75, 3.05) is 5.32 Å². The lowest BCUT2D eigenvalue weighted by molar-refractivity contribution is -0.117. The number of anilines is 1. The molecule has 0 aliphatic heterocycles. The molecular weight excluding hydrogens is 285 g/mol. The van der Waals surface area contributed by atoms with Crippen LogP contribution in [0.3, 0.4) is 0 Å². The lowest BCUT2D eigenvalue weighted by atomic mass is 9.83. The minimum absolute atomic E-state index is 0. The second-order valence-corrected chi connectivity index (χ2v) is 4.68. The molecule has 0 spiro atoms. The molecule has 1 aromatic heterocycles. The minimum atomic E-state index is 0. The predicted molar refractivity (Wildman–Crippen MR) is 81.9 cm³/mol. The number of amides is 1.